The van der Waals surface area contributed by atoms with Crippen molar-refractivity contribution in [1.82, 2.24) is 3.97 Å². The van der Waals surface area contributed by atoms with E-state index in [0.717, 1.165) is 14.9 Å². The lowest BCUT2D eigenvalue weighted by Gasteiger charge is -1.99. The van der Waals surface area contributed by atoms with Crippen molar-refractivity contribution in [3.05, 3.63) is 36.0 Å². The van der Waals surface area contributed by atoms with Gasteiger partial charge in [-0.15, -0.1) is 0 Å². The number of para-hydroxylation sites is 1. The minimum Gasteiger partial charge on any atom is -0.330 e. The molecular formula is C10H13N3O2S. The van der Waals surface area contributed by atoms with E-state index in [4.69, 9.17) is 10.9 Å². The zero-order valence-electron chi connectivity index (χ0n) is 8.63. The molecule has 16 heavy (non-hydrogen) atoms. The first-order chi connectivity index (χ1) is 7.54. The molecule has 0 saturated carbocycles. The lowest BCUT2D eigenvalue weighted by atomic mass is 10.1. The minimum atomic E-state index is -3.75. The van der Waals surface area contributed by atoms with Gasteiger partial charge in [-0.3, -0.25) is 0 Å². The molecule has 0 amide bonds. The van der Waals surface area contributed by atoms with E-state index in [9.17, 15) is 8.42 Å². The Kier molecular flexibility index (Phi) is 2.71. The molecule has 1 heterocycles. The molecule has 0 spiro atoms. The Morgan fingerprint density at radius 2 is 1.94 bits per heavy atom. The molecular weight excluding hydrogens is 226 g/mol. The lowest BCUT2D eigenvalue weighted by molar-refractivity contribution is 0.590. The van der Waals surface area contributed by atoms with Crippen LogP contribution in [0.4, 0.5) is 0 Å². The average Bonchev–Trinajstić information content (AvgIpc) is 2.58. The second kappa shape index (κ2) is 3.89. The van der Waals surface area contributed by atoms with E-state index in [0.29, 0.717) is 18.5 Å². The van der Waals surface area contributed by atoms with Crippen LogP contribution in [0.15, 0.2) is 30.5 Å². The molecule has 6 heteroatoms. The van der Waals surface area contributed by atoms with Crippen LogP contribution in [0, 0.1) is 0 Å². The summed E-state index contributed by atoms with van der Waals surface area (Å²) in [5.41, 5.74) is 6.97. The molecule has 86 valence electrons. The topological polar surface area (TPSA) is 91.1 Å². The summed E-state index contributed by atoms with van der Waals surface area (Å²) in [6.07, 6.45) is 2.16. The SMILES string of the molecule is NCCc1cn(S(N)(=O)=O)c2ccccc12. The highest BCUT2D eigenvalue weighted by atomic mass is 32.2. The van der Waals surface area contributed by atoms with E-state index >= 15 is 0 Å². The average molecular weight is 239 g/mol. The fraction of sp³-hybridized carbons (Fsp3) is 0.200. The molecule has 1 aromatic carbocycles. The Labute approximate surface area is 93.8 Å². The second-order valence-electron chi connectivity index (χ2n) is 3.55. The van der Waals surface area contributed by atoms with Gasteiger partial charge in [0.05, 0.1) is 5.52 Å². The van der Waals surface area contributed by atoms with Gasteiger partial charge in [0.25, 0.3) is 0 Å². The third kappa shape index (κ3) is 1.82. The fourth-order valence-corrected chi connectivity index (χ4v) is 2.49. The summed E-state index contributed by atoms with van der Waals surface area (Å²) >= 11 is 0. The molecule has 0 saturated heterocycles. The van der Waals surface area contributed by atoms with Crippen LogP contribution >= 0.6 is 0 Å². The number of rotatable bonds is 3. The molecule has 0 bridgehead atoms. The van der Waals surface area contributed by atoms with E-state index in [1.54, 1.807) is 12.1 Å². The molecule has 2 rings (SSSR count). The van der Waals surface area contributed by atoms with E-state index in [1.165, 1.54) is 6.20 Å². The number of benzene rings is 1. The Bertz CT molecular complexity index is 616. The van der Waals surface area contributed by atoms with Gasteiger partial charge in [0, 0.05) is 11.6 Å². The number of nitrogens with zero attached hydrogens (tertiary/aromatic N) is 1. The van der Waals surface area contributed by atoms with Crippen LogP contribution in [0.2, 0.25) is 0 Å². The van der Waals surface area contributed by atoms with Crippen LogP contribution in [0.1, 0.15) is 5.56 Å². The van der Waals surface area contributed by atoms with E-state index in [1.807, 2.05) is 12.1 Å². The van der Waals surface area contributed by atoms with E-state index in [-0.39, 0.29) is 0 Å². The number of fused-ring (bicyclic) bond motifs is 1. The first kappa shape index (κ1) is 11.1. The number of hydrogen-bond acceptors (Lipinski definition) is 3. The van der Waals surface area contributed by atoms with Gasteiger partial charge in [-0.05, 0) is 24.6 Å². The Hall–Kier alpha value is -1.37. The van der Waals surface area contributed by atoms with Crippen LogP contribution in [0.3, 0.4) is 0 Å². The van der Waals surface area contributed by atoms with Gasteiger partial charge in [0.1, 0.15) is 0 Å². The Balaban J connectivity index is 2.77. The van der Waals surface area contributed by atoms with Gasteiger partial charge in [-0.2, -0.15) is 8.42 Å². The number of aromatic nitrogens is 1. The molecule has 0 fully saturated rings. The van der Waals surface area contributed by atoms with Crippen LogP contribution < -0.4 is 10.9 Å². The van der Waals surface area contributed by atoms with Gasteiger partial charge in [0.2, 0.25) is 0 Å². The van der Waals surface area contributed by atoms with Gasteiger partial charge >= 0.3 is 10.2 Å². The predicted molar refractivity (Wildman–Crippen MR) is 63.2 cm³/mol. The maximum atomic E-state index is 11.4. The summed E-state index contributed by atoms with van der Waals surface area (Å²) in [7, 11) is -3.75. The molecule has 0 aliphatic heterocycles. The third-order valence-corrected chi connectivity index (χ3v) is 3.30. The van der Waals surface area contributed by atoms with E-state index in [2.05, 4.69) is 0 Å². The van der Waals surface area contributed by atoms with Crippen LogP contribution in [0.25, 0.3) is 10.9 Å². The molecule has 2 aromatic rings. The summed E-state index contributed by atoms with van der Waals surface area (Å²) < 4.78 is 23.8. The van der Waals surface area contributed by atoms with Crippen molar-refractivity contribution in [2.45, 2.75) is 6.42 Å². The third-order valence-electron chi connectivity index (χ3n) is 2.45. The summed E-state index contributed by atoms with van der Waals surface area (Å²) in [5.74, 6) is 0. The van der Waals surface area contributed by atoms with Crippen molar-refractivity contribution >= 4 is 21.1 Å². The number of nitrogens with two attached hydrogens (primary N) is 2. The quantitative estimate of drug-likeness (QED) is 0.801. The van der Waals surface area contributed by atoms with Crippen molar-refractivity contribution in [2.75, 3.05) is 6.54 Å². The zero-order chi connectivity index (χ0) is 11.8. The van der Waals surface area contributed by atoms with Crippen LogP contribution in [0.5, 0.6) is 0 Å². The van der Waals surface area contributed by atoms with E-state index < -0.39 is 10.2 Å². The van der Waals surface area contributed by atoms with Gasteiger partial charge < -0.3 is 5.73 Å². The number of hydrogen-bond donors (Lipinski definition) is 2. The fourth-order valence-electron chi connectivity index (χ4n) is 1.78. The first-order valence-corrected chi connectivity index (χ1v) is 6.36. The predicted octanol–water partition coefficient (Wildman–Crippen LogP) is 0.194. The maximum Gasteiger partial charge on any atom is 0.302 e. The van der Waals surface area contributed by atoms with Crippen LogP contribution in [-0.2, 0) is 16.6 Å². The second-order valence-corrected chi connectivity index (χ2v) is 4.97. The molecule has 0 radical (unpaired) electrons. The van der Waals surface area contributed by atoms with Gasteiger partial charge in [-0.25, -0.2) is 9.11 Å². The molecule has 5 nitrogen and oxygen atoms in total. The van der Waals surface area contributed by atoms with Gasteiger partial charge in [-0.1, -0.05) is 18.2 Å². The van der Waals surface area contributed by atoms with Crippen molar-refractivity contribution in [2.24, 2.45) is 10.9 Å². The summed E-state index contributed by atoms with van der Waals surface area (Å²) in [5, 5.41) is 6.01. The Morgan fingerprint density at radius 1 is 1.25 bits per heavy atom. The highest BCUT2D eigenvalue weighted by molar-refractivity contribution is 7.87. The van der Waals surface area contributed by atoms with Crippen molar-refractivity contribution in [3.8, 4) is 0 Å². The molecule has 0 aliphatic rings. The highest BCUT2D eigenvalue weighted by Gasteiger charge is 2.13. The zero-order valence-corrected chi connectivity index (χ0v) is 9.44. The smallest absolute Gasteiger partial charge is 0.302 e. The lowest BCUT2D eigenvalue weighted by Crippen LogP contribution is -2.20. The highest BCUT2D eigenvalue weighted by Crippen LogP contribution is 2.22. The van der Waals surface area contributed by atoms with Gasteiger partial charge in [0.15, 0.2) is 0 Å². The molecule has 1 aromatic heterocycles. The normalized spacial score (nSPS) is 12.1. The van der Waals surface area contributed by atoms with Crippen LogP contribution in [-0.4, -0.2) is 18.9 Å². The Morgan fingerprint density at radius 3 is 2.56 bits per heavy atom. The molecule has 0 unspecified atom stereocenters. The van der Waals surface area contributed by atoms with Crippen molar-refractivity contribution in [1.29, 1.82) is 0 Å². The van der Waals surface area contributed by atoms with Crippen molar-refractivity contribution < 1.29 is 8.42 Å². The minimum absolute atomic E-state index is 0.471. The largest absolute Gasteiger partial charge is 0.330 e. The summed E-state index contributed by atoms with van der Waals surface area (Å²) in [4.78, 5) is 0. The van der Waals surface area contributed by atoms with Crippen molar-refractivity contribution in [3.63, 3.8) is 0 Å². The monoisotopic (exact) mass is 239 g/mol. The molecule has 0 atom stereocenters. The standard InChI is InChI=1S/C10H13N3O2S/c11-6-5-8-7-13(16(12,14)15)10-4-2-1-3-9(8)10/h1-4,7H,5-6,11H2,(H2,12,14,15). The summed E-state index contributed by atoms with van der Waals surface area (Å²) in [6, 6.07) is 7.22. The summed E-state index contributed by atoms with van der Waals surface area (Å²) in [6.45, 7) is 0.471. The first-order valence-electron chi connectivity index (χ1n) is 4.86. The maximum absolute atomic E-state index is 11.4. The molecule has 4 N–H and O–H groups in total. The molecule has 0 aliphatic carbocycles.